The van der Waals surface area contributed by atoms with E-state index in [0.717, 1.165) is 18.6 Å². The third-order valence-electron chi connectivity index (χ3n) is 2.23. The van der Waals surface area contributed by atoms with Gasteiger partial charge in [-0.15, -0.1) is 0 Å². The molecule has 16 heavy (non-hydrogen) atoms. The monoisotopic (exact) mass is 294 g/mol. The molecule has 0 spiro atoms. The number of halogens is 4. The summed E-state index contributed by atoms with van der Waals surface area (Å²) in [5.74, 6) is 0. The fourth-order valence-corrected chi connectivity index (χ4v) is 2.19. The zero-order valence-electron chi connectivity index (χ0n) is 7.87. The number of hydrogen-bond donors (Lipinski definition) is 0. The predicted octanol–water partition coefficient (Wildman–Crippen LogP) is 5.07. The quantitative estimate of drug-likeness (QED) is 0.714. The van der Waals surface area contributed by atoms with Gasteiger partial charge in [-0.1, -0.05) is 30.3 Å². The Bertz CT molecular complexity index is 513. The van der Waals surface area contributed by atoms with Gasteiger partial charge in [-0.05, 0) is 11.5 Å². The summed E-state index contributed by atoms with van der Waals surface area (Å²) in [5, 5.41) is 1.87. The van der Waals surface area contributed by atoms with Crippen LogP contribution in [0.1, 0.15) is 0 Å². The van der Waals surface area contributed by atoms with Crippen LogP contribution in [0.5, 0.6) is 0 Å². The Morgan fingerprint density at radius 2 is 1.44 bits per heavy atom. The van der Waals surface area contributed by atoms with E-state index in [2.05, 4.69) is 0 Å². The fraction of sp³-hybridized carbons (Fsp3) is 0. The molecule has 0 radical (unpaired) electrons. The molecule has 0 atom stereocenters. The maximum atomic E-state index is 5.79. The standard InChI is InChI=1S/C10H6Cl4N2/c11-15(12)9-6-5-7-3-1-2-4-8(7)10(9)16(13)14/h1-6H. The van der Waals surface area contributed by atoms with Crippen LogP contribution in [-0.4, -0.2) is 0 Å². The smallest absolute Gasteiger partial charge is 0.105 e. The Hall–Kier alpha value is -0.540. The van der Waals surface area contributed by atoms with E-state index in [1.54, 1.807) is 6.07 Å². The summed E-state index contributed by atoms with van der Waals surface area (Å²) in [6, 6.07) is 11.3. The lowest BCUT2D eigenvalue weighted by molar-refractivity contribution is 1.54. The molecule has 0 heterocycles. The molecule has 0 bridgehead atoms. The molecule has 0 unspecified atom stereocenters. The van der Waals surface area contributed by atoms with Crippen molar-refractivity contribution in [2.24, 2.45) is 0 Å². The first-order chi connectivity index (χ1) is 7.61. The van der Waals surface area contributed by atoms with Crippen molar-refractivity contribution in [3.05, 3.63) is 36.4 Å². The van der Waals surface area contributed by atoms with Gasteiger partial charge in [0.05, 0.1) is 5.69 Å². The number of fused-ring (bicyclic) bond motifs is 1. The van der Waals surface area contributed by atoms with Gasteiger partial charge >= 0.3 is 0 Å². The zero-order valence-corrected chi connectivity index (χ0v) is 10.9. The van der Waals surface area contributed by atoms with Gasteiger partial charge in [0.1, 0.15) is 5.69 Å². The van der Waals surface area contributed by atoms with Crippen LogP contribution in [0.2, 0.25) is 0 Å². The second kappa shape index (κ2) is 4.76. The molecular formula is C10H6Cl4N2. The predicted molar refractivity (Wildman–Crippen MR) is 72.3 cm³/mol. The van der Waals surface area contributed by atoms with Crippen LogP contribution in [0.3, 0.4) is 0 Å². The maximum Gasteiger partial charge on any atom is 0.105 e. The number of nitrogens with zero attached hydrogens (tertiary/aromatic N) is 2. The van der Waals surface area contributed by atoms with Crippen molar-refractivity contribution < 1.29 is 0 Å². The average Bonchev–Trinajstić information content (AvgIpc) is 2.27. The van der Waals surface area contributed by atoms with E-state index in [1.807, 2.05) is 30.3 Å². The van der Waals surface area contributed by atoms with Gasteiger partial charge in [0.15, 0.2) is 0 Å². The fourth-order valence-electron chi connectivity index (χ4n) is 1.56. The molecule has 84 valence electrons. The molecule has 0 saturated carbocycles. The lowest BCUT2D eigenvalue weighted by Gasteiger charge is -2.17. The van der Waals surface area contributed by atoms with E-state index in [0.29, 0.717) is 11.4 Å². The molecule has 0 saturated heterocycles. The highest BCUT2D eigenvalue weighted by molar-refractivity contribution is 6.54. The lowest BCUT2D eigenvalue weighted by atomic mass is 10.1. The summed E-state index contributed by atoms with van der Waals surface area (Å²) in [5.41, 5.74) is 1.07. The Kier molecular flexibility index (Phi) is 3.55. The first-order valence-corrected chi connectivity index (χ1v) is 5.71. The maximum absolute atomic E-state index is 5.79. The van der Waals surface area contributed by atoms with Crippen LogP contribution in [0.4, 0.5) is 11.4 Å². The van der Waals surface area contributed by atoms with Crippen molar-refractivity contribution in [2.45, 2.75) is 0 Å². The molecule has 2 aromatic carbocycles. The number of anilines is 2. The Balaban J connectivity index is 2.79. The van der Waals surface area contributed by atoms with Crippen LogP contribution < -0.4 is 7.88 Å². The lowest BCUT2D eigenvalue weighted by Crippen LogP contribution is -2.01. The van der Waals surface area contributed by atoms with Crippen molar-refractivity contribution in [3.8, 4) is 0 Å². The molecule has 0 aliphatic heterocycles. The highest BCUT2D eigenvalue weighted by Gasteiger charge is 2.15. The normalized spacial score (nSPS) is 10.5. The van der Waals surface area contributed by atoms with Crippen LogP contribution in [0, 0.1) is 0 Å². The molecule has 0 aliphatic carbocycles. The van der Waals surface area contributed by atoms with Crippen molar-refractivity contribution in [3.63, 3.8) is 0 Å². The second-order valence-corrected chi connectivity index (χ2v) is 4.82. The third kappa shape index (κ3) is 2.11. The Morgan fingerprint density at radius 3 is 2.06 bits per heavy atom. The van der Waals surface area contributed by atoms with E-state index in [4.69, 9.17) is 47.1 Å². The van der Waals surface area contributed by atoms with Crippen LogP contribution in [0.15, 0.2) is 36.4 Å². The summed E-state index contributed by atoms with van der Waals surface area (Å²) in [6.45, 7) is 0. The average molecular weight is 296 g/mol. The second-order valence-electron chi connectivity index (χ2n) is 3.12. The summed E-state index contributed by atoms with van der Waals surface area (Å²) in [7, 11) is 0. The molecule has 2 nitrogen and oxygen atoms in total. The molecule has 0 amide bonds. The minimum atomic E-state index is 0.520. The number of benzene rings is 2. The van der Waals surface area contributed by atoms with Gasteiger partial charge < -0.3 is 0 Å². The molecule has 0 aliphatic rings. The summed E-state index contributed by atoms with van der Waals surface area (Å²) < 4.78 is 1.88. The van der Waals surface area contributed by atoms with Crippen molar-refractivity contribution in [1.82, 2.24) is 0 Å². The first kappa shape index (κ1) is 11.9. The highest BCUT2D eigenvalue weighted by Crippen LogP contribution is 2.40. The summed E-state index contributed by atoms with van der Waals surface area (Å²) in [4.78, 5) is 0. The van der Waals surface area contributed by atoms with Gasteiger partial charge in [0, 0.05) is 52.5 Å². The van der Waals surface area contributed by atoms with E-state index >= 15 is 0 Å². The molecular weight excluding hydrogens is 290 g/mol. The minimum Gasteiger partial charge on any atom is -0.192 e. The van der Waals surface area contributed by atoms with E-state index < -0.39 is 0 Å². The first-order valence-electron chi connectivity index (χ1n) is 4.36. The minimum absolute atomic E-state index is 0.520. The van der Waals surface area contributed by atoms with Crippen LogP contribution in [0.25, 0.3) is 10.8 Å². The topological polar surface area (TPSA) is 6.48 Å². The summed E-state index contributed by atoms with van der Waals surface area (Å²) >= 11 is 23.0. The molecule has 2 aromatic rings. The van der Waals surface area contributed by atoms with Crippen LogP contribution in [-0.2, 0) is 0 Å². The Morgan fingerprint density at radius 1 is 0.750 bits per heavy atom. The summed E-state index contributed by atoms with van der Waals surface area (Å²) in [6.07, 6.45) is 0. The van der Waals surface area contributed by atoms with E-state index in [-0.39, 0.29) is 0 Å². The van der Waals surface area contributed by atoms with Crippen molar-refractivity contribution >= 4 is 69.3 Å². The van der Waals surface area contributed by atoms with Gasteiger partial charge in [0.25, 0.3) is 0 Å². The van der Waals surface area contributed by atoms with E-state index in [9.17, 15) is 0 Å². The molecule has 0 fully saturated rings. The van der Waals surface area contributed by atoms with Gasteiger partial charge in [0.2, 0.25) is 0 Å². The molecule has 2 rings (SSSR count). The van der Waals surface area contributed by atoms with Crippen LogP contribution >= 0.6 is 47.1 Å². The van der Waals surface area contributed by atoms with Gasteiger partial charge in [-0.2, -0.15) is 7.88 Å². The molecule has 0 N–H and O–H groups in total. The largest absolute Gasteiger partial charge is 0.192 e. The molecule has 6 heteroatoms. The SMILES string of the molecule is ClN(Cl)c1ccc2ccccc2c1N(Cl)Cl. The number of hydrogen-bond acceptors (Lipinski definition) is 2. The van der Waals surface area contributed by atoms with Crippen molar-refractivity contribution in [2.75, 3.05) is 7.88 Å². The van der Waals surface area contributed by atoms with Gasteiger partial charge in [-0.25, -0.2) is 0 Å². The number of rotatable bonds is 2. The Labute approximate surface area is 113 Å². The highest BCUT2D eigenvalue weighted by atomic mass is 35.5. The van der Waals surface area contributed by atoms with E-state index in [1.165, 1.54) is 0 Å². The molecule has 0 aromatic heterocycles. The van der Waals surface area contributed by atoms with Gasteiger partial charge in [-0.3, -0.25) is 0 Å². The zero-order chi connectivity index (χ0) is 11.7. The third-order valence-corrected chi connectivity index (χ3v) is 2.93. The van der Waals surface area contributed by atoms with Crippen molar-refractivity contribution in [1.29, 1.82) is 0 Å².